The van der Waals surface area contributed by atoms with Crippen molar-refractivity contribution >= 4 is 11.6 Å². The minimum atomic E-state index is -0.160. The molecular weight excluding hydrogens is 422 g/mol. The Morgan fingerprint density at radius 1 is 0.971 bits per heavy atom. The first-order valence-corrected chi connectivity index (χ1v) is 12.3. The summed E-state index contributed by atoms with van der Waals surface area (Å²) in [5.74, 6) is 1.29. The molecule has 0 radical (unpaired) electrons. The van der Waals surface area contributed by atoms with Crippen LogP contribution in [0.15, 0.2) is 52.9 Å². The molecule has 1 aliphatic rings. The van der Waals surface area contributed by atoms with Gasteiger partial charge >= 0.3 is 0 Å². The standard InChI is InChI=1S/C29H37N3O2/c1-19-9-7-8-10-24(19)30-27(33)25-26(20-13-17-23(18-14-20)32(5)6)34-28(31-25)21-11-15-22(16-12-21)29(2,3)4/h11-19,24H,7-10H2,1-6H3,(H,30,33). The minimum absolute atomic E-state index is 0.0657. The largest absolute Gasteiger partial charge is 0.435 e. The minimum Gasteiger partial charge on any atom is -0.435 e. The number of nitrogens with one attached hydrogen (secondary N) is 1. The van der Waals surface area contributed by atoms with Gasteiger partial charge < -0.3 is 14.6 Å². The van der Waals surface area contributed by atoms with Crippen molar-refractivity contribution in [3.8, 4) is 22.8 Å². The molecule has 1 aliphatic carbocycles. The van der Waals surface area contributed by atoms with Crippen molar-refractivity contribution in [2.75, 3.05) is 19.0 Å². The second-order valence-electron chi connectivity index (χ2n) is 10.8. The van der Waals surface area contributed by atoms with E-state index < -0.39 is 0 Å². The number of nitrogens with zero attached hydrogens (tertiary/aromatic N) is 2. The Morgan fingerprint density at radius 3 is 2.18 bits per heavy atom. The number of hydrogen-bond acceptors (Lipinski definition) is 4. The maximum absolute atomic E-state index is 13.4. The lowest BCUT2D eigenvalue weighted by atomic mass is 9.86. The molecule has 0 saturated heterocycles. The van der Waals surface area contributed by atoms with Gasteiger partial charge in [0.1, 0.15) is 0 Å². The van der Waals surface area contributed by atoms with Crippen LogP contribution in [0, 0.1) is 5.92 Å². The molecule has 2 unspecified atom stereocenters. The van der Waals surface area contributed by atoms with Crippen LogP contribution in [0.4, 0.5) is 5.69 Å². The van der Waals surface area contributed by atoms with Gasteiger partial charge in [0, 0.05) is 37.0 Å². The van der Waals surface area contributed by atoms with Gasteiger partial charge in [-0.25, -0.2) is 4.98 Å². The highest BCUT2D eigenvalue weighted by Gasteiger charge is 2.28. The molecule has 5 nitrogen and oxygen atoms in total. The van der Waals surface area contributed by atoms with E-state index in [1.165, 1.54) is 12.0 Å². The molecule has 180 valence electrons. The fourth-order valence-electron chi connectivity index (χ4n) is 4.58. The molecule has 5 heteroatoms. The fourth-order valence-corrected chi connectivity index (χ4v) is 4.58. The highest BCUT2D eigenvalue weighted by Crippen LogP contribution is 2.33. The highest BCUT2D eigenvalue weighted by atomic mass is 16.4. The summed E-state index contributed by atoms with van der Waals surface area (Å²) < 4.78 is 6.26. The Bertz CT molecular complexity index is 1120. The molecule has 2 aromatic carbocycles. The maximum atomic E-state index is 13.4. The number of rotatable bonds is 5. The average Bonchev–Trinajstić information content (AvgIpc) is 3.26. The molecule has 1 N–H and O–H groups in total. The number of amides is 1. The first-order valence-electron chi connectivity index (χ1n) is 12.3. The van der Waals surface area contributed by atoms with Gasteiger partial charge in [-0.2, -0.15) is 0 Å². The number of carbonyl (C=O) groups excluding carboxylic acids is 1. The molecule has 3 aromatic rings. The van der Waals surface area contributed by atoms with Crippen LogP contribution >= 0.6 is 0 Å². The SMILES string of the molecule is CC1CCCCC1NC(=O)c1nc(-c2ccc(C(C)(C)C)cc2)oc1-c1ccc(N(C)C)cc1. The van der Waals surface area contributed by atoms with Crippen LogP contribution in [0.1, 0.15) is 69.4 Å². The van der Waals surface area contributed by atoms with Gasteiger partial charge in [0.2, 0.25) is 5.89 Å². The van der Waals surface area contributed by atoms with E-state index in [1.807, 2.05) is 55.4 Å². The van der Waals surface area contributed by atoms with Gasteiger partial charge in [-0.05, 0) is 66.1 Å². The first kappa shape index (κ1) is 24.1. The van der Waals surface area contributed by atoms with Crippen LogP contribution < -0.4 is 10.2 Å². The molecule has 1 aromatic heterocycles. The third kappa shape index (κ3) is 5.19. The van der Waals surface area contributed by atoms with E-state index >= 15 is 0 Å². The number of hydrogen-bond donors (Lipinski definition) is 1. The summed E-state index contributed by atoms with van der Waals surface area (Å²) in [4.78, 5) is 20.2. The van der Waals surface area contributed by atoms with Gasteiger partial charge in [-0.3, -0.25) is 4.79 Å². The van der Waals surface area contributed by atoms with E-state index in [2.05, 4.69) is 45.1 Å². The highest BCUT2D eigenvalue weighted by molar-refractivity contribution is 5.98. The van der Waals surface area contributed by atoms with Crippen LogP contribution in [-0.2, 0) is 5.41 Å². The quantitative estimate of drug-likeness (QED) is 0.462. The zero-order valence-corrected chi connectivity index (χ0v) is 21.3. The molecular formula is C29H37N3O2. The number of aromatic nitrogens is 1. The molecule has 0 aliphatic heterocycles. The molecule has 34 heavy (non-hydrogen) atoms. The molecule has 0 bridgehead atoms. The summed E-state index contributed by atoms with van der Waals surface area (Å²) in [5, 5.41) is 3.25. The van der Waals surface area contributed by atoms with E-state index in [0.717, 1.165) is 36.1 Å². The van der Waals surface area contributed by atoms with E-state index in [-0.39, 0.29) is 17.4 Å². The first-order chi connectivity index (χ1) is 16.1. The smallest absolute Gasteiger partial charge is 0.274 e. The fraction of sp³-hybridized carbons (Fsp3) is 0.448. The zero-order valence-electron chi connectivity index (χ0n) is 21.3. The van der Waals surface area contributed by atoms with Crippen LogP contribution in [0.3, 0.4) is 0 Å². The number of oxazole rings is 1. The van der Waals surface area contributed by atoms with Gasteiger partial charge in [-0.15, -0.1) is 0 Å². The van der Waals surface area contributed by atoms with Gasteiger partial charge in [-0.1, -0.05) is 52.7 Å². The third-order valence-electron chi connectivity index (χ3n) is 6.91. The van der Waals surface area contributed by atoms with Gasteiger partial charge in [0.05, 0.1) is 0 Å². The lowest BCUT2D eigenvalue weighted by Crippen LogP contribution is -2.41. The molecule has 4 rings (SSSR count). The van der Waals surface area contributed by atoms with Gasteiger partial charge in [0.15, 0.2) is 11.5 Å². The second-order valence-corrected chi connectivity index (χ2v) is 10.8. The second kappa shape index (κ2) is 9.65. The Labute approximate surface area is 203 Å². The Hall–Kier alpha value is -3.08. The topological polar surface area (TPSA) is 58.4 Å². The number of benzene rings is 2. The Kier molecular flexibility index (Phi) is 6.83. The molecule has 1 saturated carbocycles. The lowest BCUT2D eigenvalue weighted by Gasteiger charge is -2.29. The van der Waals surface area contributed by atoms with Crippen molar-refractivity contribution in [2.45, 2.75) is 64.8 Å². The summed E-state index contributed by atoms with van der Waals surface area (Å²) in [7, 11) is 4.01. The van der Waals surface area contributed by atoms with Crippen LogP contribution in [-0.4, -0.2) is 31.0 Å². The number of carbonyl (C=O) groups is 1. The molecule has 2 atom stereocenters. The molecule has 1 fully saturated rings. The summed E-state index contributed by atoms with van der Waals surface area (Å²) >= 11 is 0. The van der Waals surface area contributed by atoms with Gasteiger partial charge in [0.25, 0.3) is 5.91 Å². The molecule has 0 spiro atoms. The number of anilines is 1. The van der Waals surface area contributed by atoms with Crippen molar-refractivity contribution in [1.82, 2.24) is 10.3 Å². The summed E-state index contributed by atoms with van der Waals surface area (Å²) in [6.07, 6.45) is 4.54. The van der Waals surface area contributed by atoms with Crippen LogP contribution in [0.25, 0.3) is 22.8 Å². The van der Waals surface area contributed by atoms with E-state index in [1.54, 1.807) is 0 Å². The van der Waals surface area contributed by atoms with Crippen molar-refractivity contribution in [1.29, 1.82) is 0 Å². The van der Waals surface area contributed by atoms with Crippen LogP contribution in [0.5, 0.6) is 0 Å². The monoisotopic (exact) mass is 459 g/mol. The lowest BCUT2D eigenvalue weighted by molar-refractivity contribution is 0.0906. The summed E-state index contributed by atoms with van der Waals surface area (Å²) in [5.41, 5.74) is 4.46. The van der Waals surface area contributed by atoms with Crippen molar-refractivity contribution in [3.05, 3.63) is 59.8 Å². The normalized spacial score (nSPS) is 18.5. The van der Waals surface area contributed by atoms with Crippen LogP contribution in [0.2, 0.25) is 0 Å². The predicted octanol–water partition coefficient (Wildman–Crippen LogP) is 6.68. The summed E-state index contributed by atoms with van der Waals surface area (Å²) in [6, 6.07) is 16.5. The molecule has 1 amide bonds. The van der Waals surface area contributed by atoms with E-state index in [0.29, 0.717) is 23.3 Å². The summed E-state index contributed by atoms with van der Waals surface area (Å²) in [6.45, 7) is 8.79. The van der Waals surface area contributed by atoms with Crippen molar-refractivity contribution in [3.63, 3.8) is 0 Å². The average molecular weight is 460 g/mol. The Morgan fingerprint density at radius 2 is 1.59 bits per heavy atom. The maximum Gasteiger partial charge on any atom is 0.274 e. The Balaban J connectivity index is 1.70. The predicted molar refractivity (Wildman–Crippen MR) is 139 cm³/mol. The van der Waals surface area contributed by atoms with E-state index in [9.17, 15) is 4.79 Å². The van der Waals surface area contributed by atoms with E-state index in [4.69, 9.17) is 9.40 Å². The third-order valence-corrected chi connectivity index (χ3v) is 6.91. The van der Waals surface area contributed by atoms with Crippen molar-refractivity contribution in [2.24, 2.45) is 5.92 Å². The zero-order chi connectivity index (χ0) is 24.5. The van der Waals surface area contributed by atoms with Crippen molar-refractivity contribution < 1.29 is 9.21 Å². The molecule has 1 heterocycles.